The van der Waals surface area contributed by atoms with E-state index in [4.69, 9.17) is 19.4 Å². The van der Waals surface area contributed by atoms with E-state index in [1.54, 1.807) is 0 Å². The molecule has 2 heterocycles. The van der Waals surface area contributed by atoms with Crippen LogP contribution in [0.5, 0.6) is 0 Å². The third-order valence-electron chi connectivity index (χ3n) is 9.88. The fraction of sp³-hybridized carbons (Fsp3) is 0. The van der Waals surface area contributed by atoms with E-state index in [0.717, 1.165) is 72.0 Å². The zero-order valence-corrected chi connectivity index (χ0v) is 29.2. The molecule has 0 fully saturated rings. The highest BCUT2D eigenvalue weighted by atomic mass is 16.3. The topological polar surface area (TPSA) is 55.1 Å². The molecule has 0 saturated heterocycles. The van der Waals surface area contributed by atoms with Gasteiger partial charge in [-0.3, -0.25) is 0 Å². The fourth-order valence-electron chi connectivity index (χ4n) is 7.27. The van der Waals surface area contributed by atoms with Gasteiger partial charge in [0.2, 0.25) is 0 Å². The summed E-state index contributed by atoms with van der Waals surface area (Å²) < 4.78 is 6.63. The molecule has 0 N–H and O–H groups in total. The van der Waals surface area contributed by atoms with Crippen LogP contribution in [0.25, 0.3) is 78.0 Å². The number of aromatic nitrogens is 3. The van der Waals surface area contributed by atoms with E-state index < -0.39 is 0 Å². The predicted octanol–water partition coefficient (Wildman–Crippen LogP) is 13.1. The summed E-state index contributed by atoms with van der Waals surface area (Å²) in [6.07, 6.45) is 0. The number of hydrogen-bond acceptors (Lipinski definition) is 5. The van der Waals surface area contributed by atoms with Gasteiger partial charge in [0.05, 0.1) is 5.69 Å². The molecule has 0 amide bonds. The Labute approximate surface area is 312 Å². The number of benzene rings is 8. The van der Waals surface area contributed by atoms with Crippen molar-refractivity contribution >= 4 is 49.8 Å². The molecule has 0 aliphatic rings. The zero-order chi connectivity index (χ0) is 35.8. The first-order valence-electron chi connectivity index (χ1n) is 18.0. The van der Waals surface area contributed by atoms with Crippen LogP contribution in [0.1, 0.15) is 0 Å². The summed E-state index contributed by atoms with van der Waals surface area (Å²) in [6.45, 7) is 0. The lowest BCUT2D eigenvalue weighted by molar-refractivity contribution is 0.669. The second-order valence-corrected chi connectivity index (χ2v) is 13.3. The monoisotopic (exact) mass is 692 g/mol. The molecule has 10 rings (SSSR count). The maximum atomic E-state index is 6.63. The Morgan fingerprint density at radius 1 is 0.352 bits per heavy atom. The third-order valence-corrected chi connectivity index (χ3v) is 9.88. The molecule has 5 heteroatoms. The van der Waals surface area contributed by atoms with Crippen molar-refractivity contribution in [1.29, 1.82) is 0 Å². The van der Waals surface area contributed by atoms with E-state index in [-0.39, 0.29) is 0 Å². The summed E-state index contributed by atoms with van der Waals surface area (Å²) in [6, 6.07) is 66.9. The lowest BCUT2D eigenvalue weighted by Gasteiger charge is -2.26. The lowest BCUT2D eigenvalue weighted by atomic mass is 10.0. The smallest absolute Gasteiger partial charge is 0.164 e. The second kappa shape index (κ2) is 13.3. The summed E-state index contributed by atoms with van der Waals surface area (Å²) >= 11 is 0. The molecule has 0 atom stereocenters. The van der Waals surface area contributed by atoms with Crippen molar-refractivity contribution in [3.05, 3.63) is 194 Å². The third kappa shape index (κ3) is 5.74. The molecule has 0 aliphatic heterocycles. The first-order valence-corrected chi connectivity index (χ1v) is 18.0. The van der Waals surface area contributed by atoms with Gasteiger partial charge in [-0.25, -0.2) is 15.0 Å². The highest BCUT2D eigenvalue weighted by molar-refractivity contribution is 6.13. The van der Waals surface area contributed by atoms with Gasteiger partial charge in [0.1, 0.15) is 11.2 Å². The molecule has 254 valence electrons. The van der Waals surface area contributed by atoms with Gasteiger partial charge in [0.25, 0.3) is 0 Å². The standard InChI is InChI=1S/C49H32N4O/c1-4-14-33(15-5-1)35-26-28-40(29-27-35)53(39-20-8-3-9-21-39)41-31-43(46-42-22-12-13-23-44(42)54-45(46)32-41)49-51-47(36-17-6-2-7-18-36)50-48(52-49)38-25-24-34-16-10-11-19-37(34)30-38/h1-32H. The van der Waals surface area contributed by atoms with Gasteiger partial charge >= 0.3 is 0 Å². The fourth-order valence-corrected chi connectivity index (χ4v) is 7.27. The molecule has 0 bridgehead atoms. The van der Waals surface area contributed by atoms with Crippen LogP contribution in [-0.2, 0) is 0 Å². The Kier molecular flexibility index (Phi) is 7.73. The Balaban J connectivity index is 1.22. The van der Waals surface area contributed by atoms with Crippen LogP contribution < -0.4 is 4.90 Å². The second-order valence-electron chi connectivity index (χ2n) is 13.3. The highest BCUT2D eigenvalue weighted by Gasteiger charge is 2.22. The number of para-hydroxylation sites is 2. The molecule has 0 radical (unpaired) electrons. The molecule has 0 aliphatic carbocycles. The largest absolute Gasteiger partial charge is 0.456 e. The van der Waals surface area contributed by atoms with Crippen molar-refractivity contribution < 1.29 is 4.42 Å². The molecular formula is C49H32N4O. The number of anilines is 3. The molecule has 8 aromatic carbocycles. The molecule has 54 heavy (non-hydrogen) atoms. The minimum absolute atomic E-state index is 0.567. The van der Waals surface area contributed by atoms with E-state index in [2.05, 4.69) is 138 Å². The van der Waals surface area contributed by atoms with Gasteiger partial charge in [0.15, 0.2) is 17.5 Å². The predicted molar refractivity (Wildman–Crippen MR) is 221 cm³/mol. The number of furan rings is 1. The maximum absolute atomic E-state index is 6.63. The average Bonchev–Trinajstić information content (AvgIpc) is 3.63. The summed E-state index contributed by atoms with van der Waals surface area (Å²) in [5.74, 6) is 1.77. The van der Waals surface area contributed by atoms with Crippen molar-refractivity contribution in [3.63, 3.8) is 0 Å². The first-order chi connectivity index (χ1) is 26.7. The van der Waals surface area contributed by atoms with Crippen LogP contribution in [0, 0.1) is 0 Å². The van der Waals surface area contributed by atoms with Gasteiger partial charge < -0.3 is 9.32 Å². The van der Waals surface area contributed by atoms with Gasteiger partial charge in [-0.2, -0.15) is 0 Å². The van der Waals surface area contributed by atoms with E-state index in [1.165, 1.54) is 5.56 Å². The Morgan fingerprint density at radius 2 is 0.907 bits per heavy atom. The van der Waals surface area contributed by atoms with Crippen LogP contribution in [0.3, 0.4) is 0 Å². The minimum atomic E-state index is 0.567. The highest BCUT2D eigenvalue weighted by Crippen LogP contribution is 2.43. The molecule has 2 aromatic heterocycles. The van der Waals surface area contributed by atoms with Gasteiger partial charge in [-0.1, -0.05) is 146 Å². The number of fused-ring (bicyclic) bond motifs is 4. The van der Waals surface area contributed by atoms with Crippen molar-refractivity contribution in [3.8, 4) is 45.3 Å². The minimum Gasteiger partial charge on any atom is -0.456 e. The Bertz CT molecular complexity index is 2920. The van der Waals surface area contributed by atoms with Crippen LogP contribution >= 0.6 is 0 Å². The Morgan fingerprint density at radius 3 is 1.67 bits per heavy atom. The van der Waals surface area contributed by atoms with E-state index in [1.807, 2.05) is 60.7 Å². The van der Waals surface area contributed by atoms with Gasteiger partial charge in [0, 0.05) is 44.9 Å². The summed E-state index contributed by atoms with van der Waals surface area (Å²) in [5.41, 5.74) is 9.52. The number of rotatable bonds is 7. The lowest BCUT2D eigenvalue weighted by Crippen LogP contribution is -2.10. The van der Waals surface area contributed by atoms with Crippen LogP contribution in [0.2, 0.25) is 0 Å². The SMILES string of the molecule is c1ccc(-c2ccc(N(c3ccccc3)c3cc(-c4nc(-c5ccccc5)nc(-c5ccc6ccccc6c5)n4)c4c(c3)oc3ccccc34)cc2)cc1. The first kappa shape index (κ1) is 31.4. The van der Waals surface area contributed by atoms with Crippen LogP contribution in [0.15, 0.2) is 199 Å². The quantitative estimate of drug-likeness (QED) is 0.166. The van der Waals surface area contributed by atoms with Crippen molar-refractivity contribution in [2.75, 3.05) is 4.90 Å². The van der Waals surface area contributed by atoms with Crippen molar-refractivity contribution in [2.24, 2.45) is 0 Å². The summed E-state index contributed by atoms with van der Waals surface area (Å²) in [5, 5.41) is 4.24. The van der Waals surface area contributed by atoms with Crippen LogP contribution in [-0.4, -0.2) is 15.0 Å². The number of hydrogen-bond donors (Lipinski definition) is 0. The molecule has 0 unspecified atom stereocenters. The molecular weight excluding hydrogens is 661 g/mol. The number of nitrogens with zero attached hydrogens (tertiary/aromatic N) is 4. The summed E-state index contributed by atoms with van der Waals surface area (Å²) in [7, 11) is 0. The molecule has 5 nitrogen and oxygen atoms in total. The van der Waals surface area contributed by atoms with Crippen molar-refractivity contribution in [2.45, 2.75) is 0 Å². The van der Waals surface area contributed by atoms with Crippen molar-refractivity contribution in [1.82, 2.24) is 15.0 Å². The van der Waals surface area contributed by atoms with Gasteiger partial charge in [-0.05, 0) is 64.4 Å². The summed E-state index contributed by atoms with van der Waals surface area (Å²) in [4.78, 5) is 17.8. The molecule has 0 saturated carbocycles. The van der Waals surface area contributed by atoms with E-state index in [9.17, 15) is 0 Å². The molecule has 10 aromatic rings. The normalized spacial score (nSPS) is 11.3. The average molecular weight is 693 g/mol. The van der Waals surface area contributed by atoms with Gasteiger partial charge in [-0.15, -0.1) is 0 Å². The Hall–Kier alpha value is -7.37. The van der Waals surface area contributed by atoms with E-state index >= 15 is 0 Å². The molecule has 0 spiro atoms. The zero-order valence-electron chi connectivity index (χ0n) is 29.2. The van der Waals surface area contributed by atoms with Crippen LogP contribution in [0.4, 0.5) is 17.1 Å². The maximum Gasteiger partial charge on any atom is 0.164 e. The van der Waals surface area contributed by atoms with E-state index in [0.29, 0.717) is 17.5 Å².